The van der Waals surface area contributed by atoms with Gasteiger partial charge in [-0.05, 0) is 44.1 Å². The maximum Gasteiger partial charge on any atom is 0.332 e. The molecule has 0 bridgehead atoms. The standard InChI is InChI=1S/C26H33N5O3S/c1-29-23-22(24(33)30(2)26(29)34)28-25(31(23)17-14-20-11-7-4-8-12-20)35-18-15-21(32)27-16-13-19-9-5-3-6-10-19/h4,7-9,11-12H,3,5-6,10,13-18H2,1-2H3,(H,27,32). The molecule has 1 aliphatic carbocycles. The lowest BCUT2D eigenvalue weighted by Gasteiger charge is -2.13. The molecule has 0 saturated heterocycles. The van der Waals surface area contributed by atoms with Gasteiger partial charge in [0.2, 0.25) is 5.91 Å². The second-order valence-electron chi connectivity index (χ2n) is 8.97. The highest BCUT2D eigenvalue weighted by molar-refractivity contribution is 7.99. The van der Waals surface area contributed by atoms with Crippen molar-refractivity contribution < 1.29 is 4.79 Å². The summed E-state index contributed by atoms with van der Waals surface area (Å²) in [7, 11) is 3.13. The summed E-state index contributed by atoms with van der Waals surface area (Å²) in [5.41, 5.74) is 2.61. The maximum absolute atomic E-state index is 12.8. The van der Waals surface area contributed by atoms with Crippen LogP contribution in [0.25, 0.3) is 11.2 Å². The summed E-state index contributed by atoms with van der Waals surface area (Å²) >= 11 is 1.44. The van der Waals surface area contributed by atoms with Crippen LogP contribution in [0.4, 0.5) is 0 Å². The molecule has 1 aromatic carbocycles. The van der Waals surface area contributed by atoms with Crippen LogP contribution in [-0.4, -0.2) is 36.9 Å². The van der Waals surface area contributed by atoms with Crippen LogP contribution in [0.15, 0.2) is 56.7 Å². The number of rotatable bonds is 10. The minimum Gasteiger partial charge on any atom is -0.356 e. The number of thioether (sulfide) groups is 1. The smallest absolute Gasteiger partial charge is 0.332 e. The molecule has 1 aliphatic rings. The molecule has 186 valence electrons. The number of hydrogen-bond acceptors (Lipinski definition) is 5. The molecule has 3 aromatic rings. The summed E-state index contributed by atoms with van der Waals surface area (Å²) in [5, 5.41) is 3.67. The molecular weight excluding hydrogens is 462 g/mol. The van der Waals surface area contributed by atoms with Crippen molar-refractivity contribution in [2.45, 2.75) is 56.6 Å². The summed E-state index contributed by atoms with van der Waals surface area (Å²) in [6.07, 6.45) is 9.14. The van der Waals surface area contributed by atoms with E-state index >= 15 is 0 Å². The Morgan fingerprint density at radius 2 is 1.89 bits per heavy atom. The number of aromatic nitrogens is 4. The lowest BCUT2D eigenvalue weighted by molar-refractivity contribution is -0.120. The number of benzene rings is 1. The summed E-state index contributed by atoms with van der Waals surface area (Å²) in [4.78, 5) is 42.3. The quantitative estimate of drug-likeness (QED) is 0.345. The lowest BCUT2D eigenvalue weighted by atomic mass is 9.97. The Bertz CT molecular complexity index is 1340. The fourth-order valence-corrected chi connectivity index (χ4v) is 5.44. The third kappa shape index (κ3) is 5.96. The van der Waals surface area contributed by atoms with E-state index in [1.165, 1.54) is 41.8 Å². The average molecular weight is 496 g/mol. The number of fused-ring (bicyclic) bond motifs is 1. The van der Waals surface area contributed by atoms with Crippen molar-refractivity contribution in [3.63, 3.8) is 0 Å². The van der Waals surface area contributed by atoms with Crippen molar-refractivity contribution >= 4 is 28.8 Å². The lowest BCUT2D eigenvalue weighted by Crippen LogP contribution is -2.37. The zero-order chi connectivity index (χ0) is 24.8. The summed E-state index contributed by atoms with van der Waals surface area (Å²) in [6, 6.07) is 10.1. The minimum atomic E-state index is -0.404. The van der Waals surface area contributed by atoms with Gasteiger partial charge >= 0.3 is 5.69 Å². The van der Waals surface area contributed by atoms with E-state index in [1.807, 2.05) is 22.8 Å². The van der Waals surface area contributed by atoms with Gasteiger partial charge < -0.3 is 9.88 Å². The van der Waals surface area contributed by atoms with Crippen LogP contribution in [0.1, 0.15) is 44.1 Å². The fourth-order valence-electron chi connectivity index (χ4n) is 4.48. The molecule has 0 atom stereocenters. The molecule has 9 heteroatoms. The average Bonchev–Trinajstić information content (AvgIpc) is 3.24. The van der Waals surface area contributed by atoms with Gasteiger partial charge in [0.1, 0.15) is 0 Å². The largest absolute Gasteiger partial charge is 0.356 e. The highest BCUT2D eigenvalue weighted by Gasteiger charge is 2.19. The van der Waals surface area contributed by atoms with Crippen LogP contribution in [0, 0.1) is 0 Å². The number of carbonyl (C=O) groups is 1. The van der Waals surface area contributed by atoms with E-state index in [9.17, 15) is 14.4 Å². The van der Waals surface area contributed by atoms with Gasteiger partial charge in [0.05, 0.1) is 0 Å². The number of nitrogens with zero attached hydrogens (tertiary/aromatic N) is 4. The Kier molecular flexibility index (Phi) is 8.28. The highest BCUT2D eigenvalue weighted by Crippen LogP contribution is 2.23. The summed E-state index contributed by atoms with van der Waals surface area (Å²) in [6.45, 7) is 1.24. The Hall–Kier alpha value is -3.07. The third-order valence-electron chi connectivity index (χ3n) is 6.49. The minimum absolute atomic E-state index is 0.0177. The van der Waals surface area contributed by atoms with Crippen molar-refractivity contribution in [2.75, 3.05) is 12.3 Å². The topological polar surface area (TPSA) is 90.9 Å². The van der Waals surface area contributed by atoms with Gasteiger partial charge in [-0.15, -0.1) is 0 Å². The Balaban J connectivity index is 1.46. The van der Waals surface area contributed by atoms with Crippen molar-refractivity contribution in [3.05, 3.63) is 68.4 Å². The predicted molar refractivity (Wildman–Crippen MR) is 140 cm³/mol. The van der Waals surface area contributed by atoms with E-state index in [2.05, 4.69) is 28.5 Å². The van der Waals surface area contributed by atoms with Crippen LogP contribution in [0.2, 0.25) is 0 Å². The number of aryl methyl sites for hydroxylation is 3. The molecule has 0 saturated carbocycles. The van der Waals surface area contributed by atoms with Crippen LogP contribution >= 0.6 is 11.8 Å². The van der Waals surface area contributed by atoms with E-state index in [-0.39, 0.29) is 17.1 Å². The van der Waals surface area contributed by atoms with Crippen molar-refractivity contribution in [1.82, 2.24) is 24.0 Å². The number of carbonyl (C=O) groups excluding carboxylic acids is 1. The molecule has 4 rings (SSSR count). The van der Waals surface area contributed by atoms with E-state index in [1.54, 1.807) is 7.05 Å². The predicted octanol–water partition coefficient (Wildman–Crippen LogP) is 3.17. The second-order valence-corrected chi connectivity index (χ2v) is 10.0. The van der Waals surface area contributed by atoms with E-state index in [4.69, 9.17) is 0 Å². The molecule has 1 N–H and O–H groups in total. The van der Waals surface area contributed by atoms with Crippen molar-refractivity contribution in [2.24, 2.45) is 14.1 Å². The van der Waals surface area contributed by atoms with Crippen LogP contribution in [0.3, 0.4) is 0 Å². The Morgan fingerprint density at radius 1 is 1.09 bits per heavy atom. The van der Waals surface area contributed by atoms with Gasteiger partial charge in [-0.2, -0.15) is 0 Å². The van der Waals surface area contributed by atoms with Crippen LogP contribution in [-0.2, 0) is 31.9 Å². The van der Waals surface area contributed by atoms with Crippen LogP contribution in [0.5, 0.6) is 0 Å². The van der Waals surface area contributed by atoms with E-state index < -0.39 is 5.56 Å². The molecule has 2 aromatic heterocycles. The number of allylic oxidation sites excluding steroid dienone is 1. The molecule has 0 unspecified atom stereocenters. The zero-order valence-corrected chi connectivity index (χ0v) is 21.3. The number of hydrogen-bond donors (Lipinski definition) is 1. The first-order chi connectivity index (χ1) is 17.0. The molecule has 0 fully saturated rings. The SMILES string of the molecule is Cn1c(=O)c2nc(SCCC(=O)NCCC3=CCCCC3)n(CCc3ccccc3)c2n(C)c1=O. The third-order valence-corrected chi connectivity index (χ3v) is 7.46. The molecule has 0 spiro atoms. The van der Waals surface area contributed by atoms with E-state index in [0.29, 0.717) is 36.1 Å². The molecule has 0 aliphatic heterocycles. The van der Waals surface area contributed by atoms with Gasteiger partial charge in [0.25, 0.3) is 5.56 Å². The molecule has 1 amide bonds. The first-order valence-corrected chi connectivity index (χ1v) is 13.2. The summed E-state index contributed by atoms with van der Waals surface area (Å²) in [5.74, 6) is 0.557. The monoisotopic (exact) mass is 495 g/mol. The number of imidazole rings is 1. The first-order valence-electron chi connectivity index (χ1n) is 12.2. The summed E-state index contributed by atoms with van der Waals surface area (Å²) < 4.78 is 4.50. The number of nitrogens with one attached hydrogen (secondary N) is 1. The van der Waals surface area contributed by atoms with E-state index in [0.717, 1.165) is 35.8 Å². The normalized spacial score (nSPS) is 13.7. The fraction of sp³-hybridized carbons (Fsp3) is 0.462. The van der Waals surface area contributed by atoms with Crippen molar-refractivity contribution in [3.8, 4) is 0 Å². The molecule has 35 heavy (non-hydrogen) atoms. The van der Waals surface area contributed by atoms with Gasteiger partial charge in [-0.25, -0.2) is 9.78 Å². The second kappa shape index (κ2) is 11.6. The molecule has 2 heterocycles. The number of amides is 1. The van der Waals surface area contributed by atoms with Gasteiger partial charge in [-0.1, -0.05) is 53.7 Å². The molecular formula is C26H33N5O3S. The highest BCUT2D eigenvalue weighted by atomic mass is 32.2. The maximum atomic E-state index is 12.8. The van der Waals surface area contributed by atoms with Gasteiger partial charge in [0.15, 0.2) is 16.3 Å². The Morgan fingerprint density at radius 3 is 2.63 bits per heavy atom. The van der Waals surface area contributed by atoms with Crippen molar-refractivity contribution in [1.29, 1.82) is 0 Å². The van der Waals surface area contributed by atoms with Crippen LogP contribution < -0.4 is 16.6 Å². The zero-order valence-electron chi connectivity index (χ0n) is 20.5. The molecule has 0 radical (unpaired) electrons. The molecule has 8 nitrogen and oxygen atoms in total. The first kappa shape index (κ1) is 25.0. The Labute approximate surface area is 209 Å². The van der Waals surface area contributed by atoms with Gasteiger partial charge in [0, 0.05) is 39.4 Å². The van der Waals surface area contributed by atoms with Gasteiger partial charge in [-0.3, -0.25) is 18.7 Å².